The van der Waals surface area contributed by atoms with E-state index in [-0.39, 0.29) is 0 Å². The Hall–Kier alpha value is -1.20. The highest BCUT2D eigenvalue weighted by Gasteiger charge is 2.20. The number of thiophene rings is 4. The second kappa shape index (κ2) is 12.7. The summed E-state index contributed by atoms with van der Waals surface area (Å²) in [6.07, 6.45) is 13.1. The van der Waals surface area contributed by atoms with Gasteiger partial charge >= 0.3 is 0 Å². The van der Waals surface area contributed by atoms with Crippen LogP contribution in [0.5, 0.6) is 0 Å². The first-order valence-corrected chi connectivity index (χ1v) is 16.2. The van der Waals surface area contributed by atoms with E-state index in [1.54, 1.807) is 0 Å². The molecule has 0 aliphatic carbocycles. The highest BCUT2D eigenvalue weighted by molar-refractivity contribution is 7.24. The fourth-order valence-corrected chi connectivity index (χ4v) is 8.98. The molecule has 4 heterocycles. The van der Waals surface area contributed by atoms with Crippen molar-refractivity contribution in [3.8, 4) is 30.6 Å². The maximum atomic E-state index is 2.42. The lowest BCUT2D eigenvalue weighted by atomic mass is 10.1. The third-order valence-corrected chi connectivity index (χ3v) is 10.9. The normalized spacial score (nSPS) is 11.5. The Balaban J connectivity index is 1.58. The first-order valence-electron chi connectivity index (χ1n) is 13.0. The van der Waals surface area contributed by atoms with Crippen molar-refractivity contribution < 1.29 is 0 Å². The molecule has 0 atom stereocenters. The Morgan fingerprint density at radius 3 is 1.38 bits per heavy atom. The topological polar surface area (TPSA) is 0 Å². The SMILES string of the molecule is CCCCCCc1ccc(-c2cc(C)sc2-c2sc(C)cc2-c2ccc(CCCCCC)s2)s1. The molecular weight excluding hydrogens is 489 g/mol. The van der Waals surface area contributed by atoms with Crippen LogP contribution >= 0.6 is 45.3 Å². The molecule has 0 N–H and O–H groups in total. The van der Waals surface area contributed by atoms with Crippen molar-refractivity contribution in [3.63, 3.8) is 0 Å². The summed E-state index contributed by atoms with van der Waals surface area (Å²) >= 11 is 7.94. The molecule has 4 heteroatoms. The maximum absolute atomic E-state index is 2.42. The predicted molar refractivity (Wildman–Crippen MR) is 159 cm³/mol. The van der Waals surface area contributed by atoms with Crippen LogP contribution in [0, 0.1) is 13.8 Å². The van der Waals surface area contributed by atoms with E-state index in [1.165, 1.54) is 114 Å². The average Bonchev–Trinajstić information content (AvgIpc) is 3.60. The Labute approximate surface area is 222 Å². The highest BCUT2D eigenvalue weighted by Crippen LogP contribution is 2.49. The molecule has 0 unspecified atom stereocenters. The van der Waals surface area contributed by atoms with Gasteiger partial charge in [0.15, 0.2) is 0 Å². The zero-order valence-corrected chi connectivity index (χ0v) is 24.4. The summed E-state index contributed by atoms with van der Waals surface area (Å²) in [6.45, 7) is 9.09. The quantitative estimate of drug-likeness (QED) is 0.152. The monoisotopic (exact) mass is 526 g/mol. The molecule has 34 heavy (non-hydrogen) atoms. The number of hydrogen-bond donors (Lipinski definition) is 0. The summed E-state index contributed by atoms with van der Waals surface area (Å²) in [7, 11) is 0. The van der Waals surface area contributed by atoms with Gasteiger partial charge in [0.2, 0.25) is 0 Å². The fraction of sp³-hybridized carbons (Fsp3) is 0.467. The van der Waals surface area contributed by atoms with Crippen molar-refractivity contribution in [3.05, 3.63) is 55.9 Å². The summed E-state index contributed by atoms with van der Waals surface area (Å²) in [5, 5.41) is 0. The third-order valence-electron chi connectivity index (χ3n) is 6.32. The number of hydrogen-bond acceptors (Lipinski definition) is 4. The Kier molecular flexibility index (Phi) is 9.64. The lowest BCUT2D eigenvalue weighted by molar-refractivity contribution is 0.670. The van der Waals surface area contributed by atoms with Crippen LogP contribution in [0.3, 0.4) is 0 Å². The van der Waals surface area contributed by atoms with Gasteiger partial charge in [-0.2, -0.15) is 0 Å². The lowest BCUT2D eigenvalue weighted by Gasteiger charge is -2.04. The minimum atomic E-state index is 1.22. The average molecular weight is 527 g/mol. The van der Waals surface area contributed by atoms with Gasteiger partial charge in [-0.3, -0.25) is 0 Å². The van der Waals surface area contributed by atoms with Crippen LogP contribution in [-0.4, -0.2) is 0 Å². The van der Waals surface area contributed by atoms with Gasteiger partial charge in [0.25, 0.3) is 0 Å². The molecule has 0 bridgehead atoms. The summed E-state index contributed by atoms with van der Waals surface area (Å²) in [5.74, 6) is 0. The Morgan fingerprint density at radius 1 is 0.529 bits per heavy atom. The first-order chi connectivity index (χ1) is 16.6. The summed E-state index contributed by atoms with van der Waals surface area (Å²) in [4.78, 5) is 11.7. The van der Waals surface area contributed by atoms with E-state index in [1.807, 2.05) is 45.3 Å². The molecule has 0 nitrogen and oxygen atoms in total. The van der Waals surface area contributed by atoms with Crippen molar-refractivity contribution >= 4 is 45.3 Å². The molecule has 0 aliphatic heterocycles. The van der Waals surface area contributed by atoms with Crippen LogP contribution < -0.4 is 0 Å². The van der Waals surface area contributed by atoms with E-state index >= 15 is 0 Å². The lowest BCUT2D eigenvalue weighted by Crippen LogP contribution is -1.80. The molecule has 4 aromatic heterocycles. The van der Waals surface area contributed by atoms with Crippen molar-refractivity contribution in [1.29, 1.82) is 0 Å². The molecule has 0 radical (unpaired) electrons. The van der Waals surface area contributed by atoms with E-state index in [0.717, 1.165) is 0 Å². The van der Waals surface area contributed by atoms with Gasteiger partial charge in [0.05, 0.1) is 9.75 Å². The molecule has 0 spiro atoms. The molecular formula is C30H38S4. The predicted octanol–water partition coefficient (Wildman–Crippen LogP) is 11.8. The molecule has 4 rings (SSSR count). The second-order valence-electron chi connectivity index (χ2n) is 9.35. The highest BCUT2D eigenvalue weighted by atomic mass is 32.1. The first kappa shape index (κ1) is 25.9. The van der Waals surface area contributed by atoms with E-state index in [0.29, 0.717) is 0 Å². The summed E-state index contributed by atoms with van der Waals surface area (Å²) < 4.78 is 0. The van der Waals surface area contributed by atoms with Crippen molar-refractivity contribution in [2.75, 3.05) is 0 Å². The molecule has 0 fully saturated rings. The van der Waals surface area contributed by atoms with E-state index in [4.69, 9.17) is 0 Å². The maximum Gasteiger partial charge on any atom is 0.0538 e. The second-order valence-corrected chi connectivity index (χ2v) is 14.2. The smallest absolute Gasteiger partial charge is 0.0538 e. The van der Waals surface area contributed by atoms with Gasteiger partial charge in [-0.1, -0.05) is 52.4 Å². The third kappa shape index (κ3) is 6.51. The van der Waals surface area contributed by atoms with Crippen LogP contribution in [0.15, 0.2) is 36.4 Å². The van der Waals surface area contributed by atoms with Gasteiger partial charge in [-0.15, -0.1) is 45.3 Å². The number of aryl methyl sites for hydroxylation is 4. The van der Waals surface area contributed by atoms with Crippen LogP contribution in [0.4, 0.5) is 0 Å². The van der Waals surface area contributed by atoms with Crippen molar-refractivity contribution in [2.45, 2.75) is 91.9 Å². The molecule has 0 aliphatic rings. The van der Waals surface area contributed by atoms with E-state index in [2.05, 4.69) is 64.1 Å². The van der Waals surface area contributed by atoms with Crippen molar-refractivity contribution in [2.24, 2.45) is 0 Å². The van der Waals surface area contributed by atoms with E-state index < -0.39 is 0 Å². The van der Waals surface area contributed by atoms with Crippen molar-refractivity contribution in [1.82, 2.24) is 0 Å². The fourth-order valence-electron chi connectivity index (χ4n) is 4.50. The number of rotatable bonds is 13. The Bertz CT molecular complexity index is 1070. The van der Waals surface area contributed by atoms with Crippen LogP contribution in [-0.2, 0) is 12.8 Å². The molecule has 0 saturated heterocycles. The molecule has 182 valence electrons. The van der Waals surface area contributed by atoms with E-state index in [9.17, 15) is 0 Å². The van der Waals surface area contributed by atoms with Crippen LogP contribution in [0.2, 0.25) is 0 Å². The standard InChI is InChI=1S/C30H38S4/c1-5-7-9-11-13-23-15-17-27(33-23)25-19-21(3)31-29(25)30-26(20-22(4)32-30)28-18-16-24(34-28)14-12-10-8-6-2/h15-20H,5-14H2,1-4H3. The van der Waals surface area contributed by atoms with Crippen LogP contribution in [0.25, 0.3) is 30.6 Å². The molecule has 0 aromatic carbocycles. The Morgan fingerprint density at radius 2 is 0.971 bits per heavy atom. The zero-order chi connectivity index (χ0) is 23.9. The summed E-state index contributed by atoms with van der Waals surface area (Å²) in [5.41, 5.74) is 2.87. The van der Waals surface area contributed by atoms with Crippen LogP contribution in [0.1, 0.15) is 84.7 Å². The summed E-state index contributed by atoms with van der Waals surface area (Å²) in [6, 6.07) is 14.3. The van der Waals surface area contributed by atoms with Gasteiger partial charge in [-0.05, 0) is 75.9 Å². The van der Waals surface area contributed by atoms with Gasteiger partial charge in [-0.25, -0.2) is 0 Å². The molecule has 4 aromatic rings. The molecule has 0 saturated carbocycles. The minimum Gasteiger partial charge on any atom is -0.140 e. The number of unbranched alkanes of at least 4 members (excludes halogenated alkanes) is 6. The zero-order valence-electron chi connectivity index (χ0n) is 21.2. The van der Waals surface area contributed by atoms with Gasteiger partial charge in [0.1, 0.15) is 0 Å². The van der Waals surface area contributed by atoms with Gasteiger partial charge in [0, 0.05) is 40.4 Å². The minimum absolute atomic E-state index is 1.22. The largest absolute Gasteiger partial charge is 0.140 e. The molecule has 0 amide bonds. The van der Waals surface area contributed by atoms with Gasteiger partial charge < -0.3 is 0 Å².